The fourth-order valence-corrected chi connectivity index (χ4v) is 1.56. The molecule has 19 heavy (non-hydrogen) atoms. The molecule has 0 radical (unpaired) electrons. The molecule has 1 aromatic rings. The van der Waals surface area contributed by atoms with Gasteiger partial charge in [0.15, 0.2) is 0 Å². The van der Waals surface area contributed by atoms with Crippen LogP contribution in [0.2, 0.25) is 0 Å². The van der Waals surface area contributed by atoms with Crippen LogP contribution in [0.1, 0.15) is 18.1 Å². The Morgan fingerprint density at radius 3 is 2.79 bits per heavy atom. The van der Waals surface area contributed by atoms with Crippen molar-refractivity contribution in [2.24, 2.45) is 0 Å². The van der Waals surface area contributed by atoms with Crippen molar-refractivity contribution in [2.75, 3.05) is 13.2 Å². The highest BCUT2D eigenvalue weighted by molar-refractivity contribution is 5.81. The maximum atomic E-state index is 10.8. The maximum absolute atomic E-state index is 10.8. The Morgan fingerprint density at radius 2 is 2.21 bits per heavy atom. The lowest BCUT2D eigenvalue weighted by molar-refractivity contribution is -0.141. The van der Waals surface area contributed by atoms with Crippen LogP contribution in [-0.4, -0.2) is 30.4 Å². The normalized spacial score (nSPS) is 11.7. The molecule has 0 aliphatic rings. The lowest BCUT2D eigenvalue weighted by atomic mass is 10.1. The number of hydrogen-bond donors (Lipinski definition) is 1. The molecule has 4 heteroatoms. The lowest BCUT2D eigenvalue weighted by Gasteiger charge is -2.14. The van der Waals surface area contributed by atoms with Crippen molar-refractivity contribution in [3.05, 3.63) is 42.0 Å². The summed E-state index contributed by atoms with van der Waals surface area (Å²) in [5.74, 6) is 0.175. The summed E-state index contributed by atoms with van der Waals surface area (Å²) in [4.78, 5) is 10.8. The third-order valence-corrected chi connectivity index (χ3v) is 2.66. The van der Waals surface area contributed by atoms with Crippen molar-refractivity contribution in [1.29, 1.82) is 0 Å². The monoisotopic (exact) mass is 264 g/mol. The molecule has 4 nitrogen and oxygen atoms in total. The minimum absolute atomic E-state index is 0.0801. The van der Waals surface area contributed by atoms with Gasteiger partial charge < -0.3 is 14.6 Å². The summed E-state index contributed by atoms with van der Waals surface area (Å²) in [5.41, 5.74) is 2.26. The molecule has 104 valence electrons. The molecule has 0 bridgehead atoms. The van der Waals surface area contributed by atoms with Crippen LogP contribution >= 0.6 is 0 Å². The molecule has 0 heterocycles. The van der Waals surface area contributed by atoms with E-state index in [9.17, 15) is 9.90 Å². The van der Waals surface area contributed by atoms with Crippen molar-refractivity contribution in [3.63, 3.8) is 0 Å². The number of aliphatic hydroxyl groups is 1. The van der Waals surface area contributed by atoms with Gasteiger partial charge >= 0.3 is 5.97 Å². The van der Waals surface area contributed by atoms with E-state index in [2.05, 4.69) is 19.6 Å². The largest absolute Gasteiger partial charge is 0.490 e. The molecular weight excluding hydrogens is 244 g/mol. The molecular formula is C15H20O4. The van der Waals surface area contributed by atoms with Gasteiger partial charge in [0.25, 0.3) is 0 Å². The Bertz CT molecular complexity index is 440. The summed E-state index contributed by atoms with van der Waals surface area (Å²) in [6.07, 6.45) is 1.18. The maximum Gasteiger partial charge on any atom is 0.330 e. The number of carbonyl (C=O) groups is 1. The highest BCUT2D eigenvalue weighted by atomic mass is 16.5. The Balaban J connectivity index is 2.43. The summed E-state index contributed by atoms with van der Waals surface area (Å²) in [6, 6.07) is 5.93. The molecule has 1 unspecified atom stereocenters. The SMILES string of the molecule is C=CC(=O)OCC(O)COc1ccc(CC)cc1C. The lowest BCUT2D eigenvalue weighted by Crippen LogP contribution is -2.24. The van der Waals surface area contributed by atoms with Gasteiger partial charge in [0.2, 0.25) is 0 Å². The molecule has 0 aliphatic carbocycles. The van der Waals surface area contributed by atoms with Crippen LogP contribution in [0.4, 0.5) is 0 Å². The minimum atomic E-state index is -0.853. The van der Waals surface area contributed by atoms with Crippen LogP contribution in [0.15, 0.2) is 30.9 Å². The molecule has 1 rings (SSSR count). The second-order valence-electron chi connectivity index (χ2n) is 4.25. The molecule has 0 fully saturated rings. The quantitative estimate of drug-likeness (QED) is 0.604. The highest BCUT2D eigenvalue weighted by Crippen LogP contribution is 2.19. The summed E-state index contributed by atoms with van der Waals surface area (Å²) >= 11 is 0. The predicted molar refractivity (Wildman–Crippen MR) is 73.2 cm³/mol. The highest BCUT2D eigenvalue weighted by Gasteiger charge is 2.09. The smallest absolute Gasteiger partial charge is 0.330 e. The van der Waals surface area contributed by atoms with Gasteiger partial charge in [0, 0.05) is 6.08 Å². The first kappa shape index (κ1) is 15.2. The topological polar surface area (TPSA) is 55.8 Å². The van der Waals surface area contributed by atoms with Gasteiger partial charge in [0.05, 0.1) is 0 Å². The van der Waals surface area contributed by atoms with Gasteiger partial charge in [-0.1, -0.05) is 25.6 Å². The zero-order chi connectivity index (χ0) is 14.3. The van der Waals surface area contributed by atoms with E-state index in [0.717, 1.165) is 23.8 Å². The average Bonchev–Trinajstić information content (AvgIpc) is 2.43. The standard InChI is InChI=1S/C15H20O4/c1-4-12-6-7-14(11(3)8-12)18-9-13(16)10-19-15(17)5-2/h5-8,13,16H,2,4,9-10H2,1,3H3. The van der Waals surface area contributed by atoms with E-state index >= 15 is 0 Å². The van der Waals surface area contributed by atoms with Crippen molar-refractivity contribution < 1.29 is 19.4 Å². The number of esters is 1. The number of rotatable bonds is 7. The van der Waals surface area contributed by atoms with Crippen LogP contribution in [0.5, 0.6) is 5.75 Å². The van der Waals surface area contributed by atoms with Gasteiger partial charge in [-0.3, -0.25) is 0 Å². The van der Waals surface area contributed by atoms with Crippen molar-refractivity contribution in [3.8, 4) is 5.75 Å². The number of hydrogen-bond acceptors (Lipinski definition) is 4. The summed E-state index contributed by atoms with van der Waals surface area (Å²) in [6.45, 7) is 7.30. The molecule has 0 amide bonds. The first-order valence-corrected chi connectivity index (χ1v) is 6.26. The van der Waals surface area contributed by atoms with Crippen LogP contribution in [0, 0.1) is 6.92 Å². The summed E-state index contributed by atoms with van der Waals surface area (Å²) in [7, 11) is 0. The van der Waals surface area contributed by atoms with Gasteiger partial charge in [0.1, 0.15) is 25.1 Å². The molecule has 0 saturated carbocycles. The first-order chi connectivity index (χ1) is 9.06. The van der Waals surface area contributed by atoms with Crippen molar-refractivity contribution in [1.82, 2.24) is 0 Å². The molecule has 0 saturated heterocycles. The van der Waals surface area contributed by atoms with Crippen molar-refractivity contribution in [2.45, 2.75) is 26.4 Å². The van der Waals surface area contributed by atoms with Crippen molar-refractivity contribution >= 4 is 5.97 Å². The van der Waals surface area contributed by atoms with Crippen LogP contribution in [-0.2, 0) is 16.0 Å². The summed E-state index contributed by atoms with van der Waals surface area (Å²) in [5, 5.41) is 9.61. The number of ether oxygens (including phenoxy) is 2. The third kappa shape index (κ3) is 5.14. The molecule has 1 N–H and O–H groups in total. The van der Waals surface area contributed by atoms with Crippen LogP contribution in [0.3, 0.4) is 0 Å². The zero-order valence-electron chi connectivity index (χ0n) is 11.4. The summed E-state index contributed by atoms with van der Waals surface area (Å²) < 4.78 is 10.2. The second-order valence-corrected chi connectivity index (χ2v) is 4.25. The second kappa shape index (κ2) is 7.59. The predicted octanol–water partition coefficient (Wildman–Crippen LogP) is 2.03. The zero-order valence-corrected chi connectivity index (χ0v) is 11.4. The fraction of sp³-hybridized carbons (Fsp3) is 0.400. The average molecular weight is 264 g/mol. The van der Waals surface area contributed by atoms with E-state index < -0.39 is 12.1 Å². The number of aryl methyl sites for hydroxylation is 2. The van der Waals surface area contributed by atoms with E-state index in [-0.39, 0.29) is 13.2 Å². The van der Waals surface area contributed by atoms with E-state index in [4.69, 9.17) is 9.47 Å². The van der Waals surface area contributed by atoms with Crippen LogP contribution in [0.25, 0.3) is 0 Å². The fourth-order valence-electron chi connectivity index (χ4n) is 1.56. The van der Waals surface area contributed by atoms with E-state index in [1.165, 1.54) is 5.56 Å². The molecule has 1 atom stereocenters. The number of benzene rings is 1. The van der Waals surface area contributed by atoms with Gasteiger partial charge in [-0.25, -0.2) is 4.79 Å². The van der Waals surface area contributed by atoms with E-state index in [1.54, 1.807) is 0 Å². The molecule has 0 spiro atoms. The Kier molecular flexibility index (Phi) is 6.09. The first-order valence-electron chi connectivity index (χ1n) is 6.26. The Morgan fingerprint density at radius 1 is 1.47 bits per heavy atom. The molecule has 0 aromatic heterocycles. The molecule has 0 aliphatic heterocycles. The molecule has 1 aromatic carbocycles. The van der Waals surface area contributed by atoms with Gasteiger partial charge in [-0.05, 0) is 30.5 Å². The number of carbonyl (C=O) groups excluding carboxylic acids is 1. The van der Waals surface area contributed by atoms with Gasteiger partial charge in [-0.15, -0.1) is 0 Å². The minimum Gasteiger partial charge on any atom is -0.490 e. The van der Waals surface area contributed by atoms with E-state index in [0.29, 0.717) is 0 Å². The number of aliphatic hydroxyl groups excluding tert-OH is 1. The third-order valence-electron chi connectivity index (χ3n) is 2.66. The van der Waals surface area contributed by atoms with Crippen LogP contribution < -0.4 is 4.74 Å². The van der Waals surface area contributed by atoms with Gasteiger partial charge in [-0.2, -0.15) is 0 Å². The Labute approximate surface area is 113 Å². The Hall–Kier alpha value is -1.81. The van der Waals surface area contributed by atoms with E-state index in [1.807, 2.05) is 19.1 Å².